The molecule has 0 bridgehead atoms. The van der Waals surface area contributed by atoms with Crippen molar-refractivity contribution in [3.8, 4) is 0 Å². The summed E-state index contributed by atoms with van der Waals surface area (Å²) in [6, 6.07) is 0. The third-order valence-electron chi connectivity index (χ3n) is 9.13. The molecule has 0 amide bonds. The first-order valence-electron chi connectivity index (χ1n) is 22.7. The Labute approximate surface area is 334 Å². The molecule has 0 unspecified atom stereocenters. The van der Waals surface area contributed by atoms with Crippen LogP contribution in [0.1, 0.15) is 155 Å². The van der Waals surface area contributed by atoms with Crippen molar-refractivity contribution >= 4 is 0 Å². The zero-order valence-electron chi connectivity index (χ0n) is 35.8. The summed E-state index contributed by atoms with van der Waals surface area (Å²) in [6.45, 7) is 16.5. The maximum absolute atomic E-state index is 5.70. The van der Waals surface area contributed by atoms with Crippen LogP contribution in [0.25, 0.3) is 0 Å². The van der Waals surface area contributed by atoms with Crippen LogP contribution in [0.5, 0.6) is 0 Å². The van der Waals surface area contributed by atoms with Crippen LogP contribution in [0.2, 0.25) is 0 Å². The van der Waals surface area contributed by atoms with E-state index < -0.39 is 0 Å². The molecular weight excluding hydrogens is 688 g/mol. The van der Waals surface area contributed by atoms with Crippen LogP contribution >= 0.6 is 0 Å². The van der Waals surface area contributed by atoms with E-state index >= 15 is 0 Å². The maximum atomic E-state index is 5.70. The largest absolute Gasteiger partial charge is 0.379 e. The zero-order valence-corrected chi connectivity index (χ0v) is 35.8. The molecule has 0 fully saturated rings. The molecule has 326 valence electrons. The van der Waals surface area contributed by atoms with Crippen LogP contribution in [-0.2, 0) is 47.4 Å². The van der Waals surface area contributed by atoms with E-state index in [9.17, 15) is 0 Å². The van der Waals surface area contributed by atoms with Gasteiger partial charge in [-0.3, -0.25) is 0 Å². The van der Waals surface area contributed by atoms with Gasteiger partial charge in [-0.05, 0) is 12.8 Å². The Morgan fingerprint density at radius 1 is 0.148 bits per heavy atom. The molecule has 0 aliphatic carbocycles. The molecule has 0 saturated carbocycles. The van der Waals surface area contributed by atoms with Crippen molar-refractivity contribution in [3.05, 3.63) is 0 Å². The van der Waals surface area contributed by atoms with Crippen LogP contribution in [0.4, 0.5) is 0 Å². The maximum Gasteiger partial charge on any atom is 0.0701 e. The molecule has 0 aliphatic rings. The molecule has 0 aliphatic heterocycles. The Hall–Kier alpha value is -0.400. The minimum Gasteiger partial charge on any atom is -0.379 e. The summed E-state index contributed by atoms with van der Waals surface area (Å²) in [5.41, 5.74) is 0. The lowest BCUT2D eigenvalue weighted by atomic mass is 10.0. The molecule has 10 heteroatoms. The van der Waals surface area contributed by atoms with E-state index in [1.165, 1.54) is 128 Å². The van der Waals surface area contributed by atoms with E-state index in [1.54, 1.807) is 0 Å². The van der Waals surface area contributed by atoms with Gasteiger partial charge in [0.1, 0.15) is 0 Å². The monoisotopic (exact) mass is 779 g/mol. The molecule has 10 nitrogen and oxygen atoms in total. The Bertz CT molecular complexity index is 578. The van der Waals surface area contributed by atoms with Crippen LogP contribution in [0, 0.1) is 0 Å². The van der Waals surface area contributed by atoms with E-state index in [4.69, 9.17) is 47.4 Å². The SMILES string of the molecule is CCCCCCCCCCCCCCCCCCOCCOCCOCCOCCOCCOCCOCCOCCOCCOCCCCCCCC. The predicted octanol–water partition coefficient (Wildman–Crippen LogP) is 9.77. The van der Waals surface area contributed by atoms with Gasteiger partial charge in [-0.1, -0.05) is 142 Å². The van der Waals surface area contributed by atoms with Gasteiger partial charge in [0.2, 0.25) is 0 Å². The first kappa shape index (κ1) is 53.6. The fourth-order valence-electron chi connectivity index (χ4n) is 5.82. The summed E-state index contributed by atoms with van der Waals surface area (Å²) in [6.07, 6.45) is 29.9. The van der Waals surface area contributed by atoms with Gasteiger partial charge < -0.3 is 47.4 Å². The molecule has 0 rings (SSSR count). The van der Waals surface area contributed by atoms with Gasteiger partial charge in [0.05, 0.1) is 119 Å². The van der Waals surface area contributed by atoms with Gasteiger partial charge >= 0.3 is 0 Å². The van der Waals surface area contributed by atoms with Crippen LogP contribution < -0.4 is 0 Å². The van der Waals surface area contributed by atoms with Gasteiger partial charge in [0.25, 0.3) is 0 Å². The third-order valence-corrected chi connectivity index (χ3v) is 9.13. The second kappa shape index (κ2) is 52.6. The summed E-state index contributed by atoms with van der Waals surface area (Å²) in [5, 5.41) is 0. The zero-order chi connectivity index (χ0) is 38.8. The second-order valence-corrected chi connectivity index (χ2v) is 14.2. The quantitative estimate of drug-likeness (QED) is 0.0556. The van der Waals surface area contributed by atoms with Crippen LogP contribution in [-0.4, -0.2) is 132 Å². The highest BCUT2D eigenvalue weighted by Gasteiger charge is 1.98. The molecule has 0 aromatic heterocycles. The molecule has 0 saturated heterocycles. The summed E-state index contributed by atoms with van der Waals surface area (Å²) in [5.74, 6) is 0. The average Bonchev–Trinajstić information content (AvgIpc) is 3.18. The second-order valence-electron chi connectivity index (χ2n) is 14.2. The van der Waals surface area contributed by atoms with Crippen molar-refractivity contribution < 1.29 is 47.4 Å². The van der Waals surface area contributed by atoms with E-state index in [0.29, 0.717) is 119 Å². The fourth-order valence-corrected chi connectivity index (χ4v) is 5.82. The van der Waals surface area contributed by atoms with Gasteiger partial charge in [-0.25, -0.2) is 0 Å². The minimum absolute atomic E-state index is 0.535. The molecule has 0 spiro atoms. The molecule has 0 radical (unpaired) electrons. The van der Waals surface area contributed by atoms with E-state index in [-0.39, 0.29) is 0 Å². The lowest BCUT2D eigenvalue weighted by Gasteiger charge is -2.09. The Morgan fingerprint density at radius 3 is 0.444 bits per heavy atom. The lowest BCUT2D eigenvalue weighted by molar-refractivity contribution is -0.0264. The first-order valence-corrected chi connectivity index (χ1v) is 22.7. The van der Waals surface area contributed by atoms with Gasteiger partial charge in [-0.15, -0.1) is 0 Å². The topological polar surface area (TPSA) is 92.3 Å². The molecule has 0 N–H and O–H groups in total. The van der Waals surface area contributed by atoms with Crippen LogP contribution in [0.15, 0.2) is 0 Å². The standard InChI is InChI=1S/C44H90O10/c1-3-5-7-9-11-12-13-14-15-16-17-18-19-20-22-24-26-46-28-30-48-32-34-50-36-38-52-40-42-54-44-43-53-41-39-51-37-35-49-33-31-47-29-27-45-25-23-21-10-8-6-4-2/h3-44H2,1-2H3. The Kier molecular flexibility index (Phi) is 52.2. The summed E-state index contributed by atoms with van der Waals surface area (Å²) < 4.78 is 55.6. The average molecular weight is 779 g/mol. The van der Waals surface area contributed by atoms with Crippen LogP contribution in [0.3, 0.4) is 0 Å². The normalized spacial score (nSPS) is 11.7. The summed E-state index contributed by atoms with van der Waals surface area (Å²) >= 11 is 0. The lowest BCUT2D eigenvalue weighted by Crippen LogP contribution is -2.15. The summed E-state index contributed by atoms with van der Waals surface area (Å²) in [4.78, 5) is 0. The Morgan fingerprint density at radius 2 is 0.278 bits per heavy atom. The number of hydrogen-bond acceptors (Lipinski definition) is 10. The van der Waals surface area contributed by atoms with Gasteiger partial charge in [0, 0.05) is 13.2 Å². The minimum atomic E-state index is 0.535. The Balaban J connectivity index is 3.05. The number of ether oxygens (including phenoxy) is 10. The van der Waals surface area contributed by atoms with Crippen molar-refractivity contribution in [1.82, 2.24) is 0 Å². The van der Waals surface area contributed by atoms with Crippen molar-refractivity contribution in [2.24, 2.45) is 0 Å². The summed E-state index contributed by atoms with van der Waals surface area (Å²) in [7, 11) is 0. The predicted molar refractivity (Wildman–Crippen MR) is 221 cm³/mol. The fraction of sp³-hybridized carbons (Fsp3) is 1.00. The number of hydrogen-bond donors (Lipinski definition) is 0. The van der Waals surface area contributed by atoms with Crippen molar-refractivity contribution in [1.29, 1.82) is 0 Å². The molecule has 0 aromatic carbocycles. The molecule has 0 atom stereocenters. The molecular formula is C44H90O10. The van der Waals surface area contributed by atoms with Crippen molar-refractivity contribution in [2.45, 2.75) is 155 Å². The van der Waals surface area contributed by atoms with Crippen molar-refractivity contribution in [2.75, 3.05) is 132 Å². The molecule has 0 heterocycles. The van der Waals surface area contributed by atoms with Gasteiger partial charge in [-0.2, -0.15) is 0 Å². The first-order chi connectivity index (χ1) is 26.9. The highest BCUT2D eigenvalue weighted by molar-refractivity contribution is 4.50. The van der Waals surface area contributed by atoms with Crippen molar-refractivity contribution in [3.63, 3.8) is 0 Å². The van der Waals surface area contributed by atoms with Gasteiger partial charge in [0.15, 0.2) is 0 Å². The van der Waals surface area contributed by atoms with E-state index in [1.807, 2.05) is 0 Å². The third kappa shape index (κ3) is 51.6. The highest BCUT2D eigenvalue weighted by atomic mass is 16.6. The highest BCUT2D eigenvalue weighted by Crippen LogP contribution is 2.13. The molecule has 0 aromatic rings. The van der Waals surface area contributed by atoms with E-state index in [2.05, 4.69) is 13.8 Å². The number of rotatable bonds is 51. The smallest absolute Gasteiger partial charge is 0.0701 e. The molecule has 54 heavy (non-hydrogen) atoms. The van der Waals surface area contributed by atoms with E-state index in [0.717, 1.165) is 26.1 Å². The number of unbranched alkanes of at least 4 members (excludes halogenated alkanes) is 20.